The van der Waals surface area contributed by atoms with Gasteiger partial charge >= 0.3 is 5.97 Å². The lowest BCUT2D eigenvalue weighted by atomic mass is 10.1. The van der Waals surface area contributed by atoms with Crippen LogP contribution in [0.4, 0.5) is 8.78 Å². The molecule has 0 radical (unpaired) electrons. The van der Waals surface area contributed by atoms with Gasteiger partial charge in [-0.15, -0.1) is 0 Å². The summed E-state index contributed by atoms with van der Waals surface area (Å²) >= 11 is 0. The van der Waals surface area contributed by atoms with E-state index in [-0.39, 0.29) is 25.4 Å². The standard InChI is InChI=1S/C15H17F2NO3/c1-3-10(2)15(21)18(7-6-14(19)20)9-11-4-5-12(16)13(17)8-11/h3-5,8H,6-7,9H2,1-2H3,(H,19,20). The van der Waals surface area contributed by atoms with Gasteiger partial charge in [0.15, 0.2) is 11.6 Å². The van der Waals surface area contributed by atoms with Crippen LogP contribution in [0.2, 0.25) is 0 Å². The lowest BCUT2D eigenvalue weighted by Gasteiger charge is -2.22. The van der Waals surface area contributed by atoms with Crippen molar-refractivity contribution in [3.8, 4) is 0 Å². The third kappa shape index (κ3) is 4.98. The van der Waals surface area contributed by atoms with Crippen LogP contribution in [-0.4, -0.2) is 28.4 Å². The van der Waals surface area contributed by atoms with Crippen LogP contribution in [0.1, 0.15) is 25.8 Å². The van der Waals surface area contributed by atoms with Gasteiger partial charge in [0.05, 0.1) is 6.42 Å². The summed E-state index contributed by atoms with van der Waals surface area (Å²) < 4.78 is 26.1. The Hall–Kier alpha value is -2.24. The van der Waals surface area contributed by atoms with Crippen LogP contribution in [-0.2, 0) is 16.1 Å². The first-order valence-electron chi connectivity index (χ1n) is 6.43. The number of allylic oxidation sites excluding steroid dienone is 1. The van der Waals surface area contributed by atoms with Crippen LogP contribution in [0.15, 0.2) is 29.8 Å². The molecule has 6 heteroatoms. The number of benzene rings is 1. The van der Waals surface area contributed by atoms with E-state index in [9.17, 15) is 18.4 Å². The molecule has 0 saturated heterocycles. The van der Waals surface area contributed by atoms with Crippen LogP contribution >= 0.6 is 0 Å². The fourth-order valence-electron chi connectivity index (χ4n) is 1.71. The summed E-state index contributed by atoms with van der Waals surface area (Å²) in [6.45, 7) is 3.33. The Balaban J connectivity index is 2.92. The molecule has 0 aromatic heterocycles. The average Bonchev–Trinajstić information content (AvgIpc) is 2.45. The SMILES string of the molecule is CC=C(C)C(=O)N(CCC(=O)O)Cc1ccc(F)c(F)c1. The van der Waals surface area contributed by atoms with E-state index in [1.54, 1.807) is 19.9 Å². The molecule has 0 bridgehead atoms. The van der Waals surface area contributed by atoms with Gasteiger partial charge in [0, 0.05) is 18.7 Å². The van der Waals surface area contributed by atoms with E-state index in [4.69, 9.17) is 5.11 Å². The molecule has 114 valence electrons. The summed E-state index contributed by atoms with van der Waals surface area (Å²) in [5.74, 6) is -3.33. The van der Waals surface area contributed by atoms with Crippen molar-refractivity contribution in [3.05, 3.63) is 47.0 Å². The largest absolute Gasteiger partial charge is 0.481 e. The Kier molecular flexibility index (Phi) is 6.02. The van der Waals surface area contributed by atoms with Crippen molar-refractivity contribution in [1.29, 1.82) is 0 Å². The molecule has 0 saturated carbocycles. The van der Waals surface area contributed by atoms with Crippen LogP contribution in [0.25, 0.3) is 0 Å². The van der Waals surface area contributed by atoms with Gasteiger partial charge < -0.3 is 10.0 Å². The highest BCUT2D eigenvalue weighted by Gasteiger charge is 2.17. The molecule has 1 amide bonds. The Labute approximate surface area is 121 Å². The fourth-order valence-corrected chi connectivity index (χ4v) is 1.71. The third-order valence-electron chi connectivity index (χ3n) is 3.01. The Morgan fingerprint density at radius 3 is 2.48 bits per heavy atom. The molecular formula is C15H17F2NO3. The molecule has 0 aliphatic carbocycles. The number of carboxylic acids is 1. The number of carbonyl (C=O) groups excluding carboxylic acids is 1. The molecule has 0 heterocycles. The van der Waals surface area contributed by atoms with Gasteiger partial charge in [-0.1, -0.05) is 12.1 Å². The lowest BCUT2D eigenvalue weighted by Crippen LogP contribution is -2.33. The minimum absolute atomic E-state index is 0.00164. The maximum absolute atomic E-state index is 13.2. The molecular weight excluding hydrogens is 280 g/mol. The predicted octanol–water partition coefficient (Wildman–Crippen LogP) is 2.73. The van der Waals surface area contributed by atoms with Crippen LogP contribution in [0.5, 0.6) is 0 Å². The zero-order chi connectivity index (χ0) is 16.0. The molecule has 0 aliphatic rings. The van der Waals surface area contributed by atoms with Crippen LogP contribution < -0.4 is 0 Å². The number of nitrogens with zero attached hydrogens (tertiary/aromatic N) is 1. The monoisotopic (exact) mass is 297 g/mol. The topological polar surface area (TPSA) is 57.6 Å². The predicted molar refractivity (Wildman–Crippen MR) is 73.5 cm³/mol. The van der Waals surface area contributed by atoms with Gasteiger partial charge in [0.25, 0.3) is 0 Å². The smallest absolute Gasteiger partial charge is 0.305 e. The first kappa shape index (κ1) is 16.8. The molecule has 0 fully saturated rings. The molecule has 1 aromatic carbocycles. The summed E-state index contributed by atoms with van der Waals surface area (Å²) in [6, 6.07) is 3.35. The van der Waals surface area contributed by atoms with Crippen molar-refractivity contribution < 1.29 is 23.5 Å². The van der Waals surface area contributed by atoms with E-state index in [1.807, 2.05) is 0 Å². The molecule has 1 rings (SSSR count). The van der Waals surface area contributed by atoms with Gasteiger partial charge in [0.2, 0.25) is 5.91 Å². The Morgan fingerprint density at radius 1 is 1.29 bits per heavy atom. The maximum atomic E-state index is 13.2. The highest BCUT2D eigenvalue weighted by atomic mass is 19.2. The van der Waals surface area contributed by atoms with Crippen molar-refractivity contribution in [3.63, 3.8) is 0 Å². The quantitative estimate of drug-likeness (QED) is 0.821. The third-order valence-corrected chi connectivity index (χ3v) is 3.01. The molecule has 0 spiro atoms. The lowest BCUT2D eigenvalue weighted by molar-refractivity contribution is -0.138. The molecule has 0 aliphatic heterocycles. The van der Waals surface area contributed by atoms with Crippen LogP contribution in [0, 0.1) is 11.6 Å². The average molecular weight is 297 g/mol. The number of amides is 1. The van der Waals surface area contributed by atoms with E-state index < -0.39 is 17.6 Å². The number of carbonyl (C=O) groups is 2. The molecule has 1 aromatic rings. The second kappa shape index (κ2) is 7.52. The summed E-state index contributed by atoms with van der Waals surface area (Å²) in [7, 11) is 0. The summed E-state index contributed by atoms with van der Waals surface area (Å²) in [4.78, 5) is 24.1. The number of rotatable bonds is 6. The highest BCUT2D eigenvalue weighted by Crippen LogP contribution is 2.13. The van der Waals surface area contributed by atoms with E-state index in [2.05, 4.69) is 0 Å². The number of aliphatic carboxylic acids is 1. The normalized spacial score (nSPS) is 11.3. The van der Waals surface area contributed by atoms with Gasteiger partial charge in [-0.05, 0) is 31.5 Å². The van der Waals surface area contributed by atoms with E-state index in [1.165, 1.54) is 11.0 Å². The summed E-state index contributed by atoms with van der Waals surface area (Å²) in [5.41, 5.74) is 0.861. The van der Waals surface area contributed by atoms with E-state index in [0.29, 0.717) is 11.1 Å². The number of hydrogen-bond donors (Lipinski definition) is 1. The summed E-state index contributed by atoms with van der Waals surface area (Å²) in [5, 5.41) is 8.72. The molecule has 21 heavy (non-hydrogen) atoms. The van der Waals surface area contributed by atoms with Crippen molar-refractivity contribution in [2.45, 2.75) is 26.8 Å². The Morgan fingerprint density at radius 2 is 1.95 bits per heavy atom. The number of carboxylic acid groups (broad SMARTS) is 1. The first-order valence-corrected chi connectivity index (χ1v) is 6.43. The molecule has 0 unspecified atom stereocenters. The van der Waals surface area contributed by atoms with Gasteiger partial charge in [-0.25, -0.2) is 8.78 Å². The van der Waals surface area contributed by atoms with E-state index in [0.717, 1.165) is 12.1 Å². The summed E-state index contributed by atoms with van der Waals surface area (Å²) in [6.07, 6.45) is 1.40. The number of halogens is 2. The molecule has 1 N–H and O–H groups in total. The van der Waals surface area contributed by atoms with Crippen LogP contribution in [0.3, 0.4) is 0 Å². The zero-order valence-electron chi connectivity index (χ0n) is 11.9. The molecule has 4 nitrogen and oxygen atoms in total. The van der Waals surface area contributed by atoms with E-state index >= 15 is 0 Å². The molecule has 0 atom stereocenters. The van der Waals surface area contributed by atoms with Gasteiger partial charge in [0.1, 0.15) is 0 Å². The minimum Gasteiger partial charge on any atom is -0.481 e. The van der Waals surface area contributed by atoms with Crippen molar-refractivity contribution in [2.75, 3.05) is 6.54 Å². The second-order valence-corrected chi connectivity index (χ2v) is 4.59. The highest BCUT2D eigenvalue weighted by molar-refractivity contribution is 5.92. The first-order chi connectivity index (χ1) is 9.85. The Bertz CT molecular complexity index is 570. The van der Waals surface area contributed by atoms with Crippen molar-refractivity contribution in [1.82, 2.24) is 4.90 Å². The second-order valence-electron chi connectivity index (χ2n) is 4.59. The van der Waals surface area contributed by atoms with Gasteiger partial charge in [-0.2, -0.15) is 0 Å². The fraction of sp³-hybridized carbons (Fsp3) is 0.333. The minimum atomic E-state index is -1.03. The number of hydrogen-bond acceptors (Lipinski definition) is 2. The zero-order valence-corrected chi connectivity index (χ0v) is 11.9. The van der Waals surface area contributed by atoms with Crippen molar-refractivity contribution >= 4 is 11.9 Å². The maximum Gasteiger partial charge on any atom is 0.305 e. The van der Waals surface area contributed by atoms with Crippen molar-refractivity contribution in [2.24, 2.45) is 0 Å². The van der Waals surface area contributed by atoms with Gasteiger partial charge in [-0.3, -0.25) is 9.59 Å².